The van der Waals surface area contributed by atoms with Crippen molar-refractivity contribution in [2.24, 2.45) is 0 Å². The van der Waals surface area contributed by atoms with Crippen LogP contribution in [0.5, 0.6) is 0 Å². The molecule has 0 aliphatic carbocycles. The average molecular weight is 479 g/mol. The van der Waals surface area contributed by atoms with Crippen molar-refractivity contribution in [3.8, 4) is 0 Å². The average Bonchev–Trinajstić information content (AvgIpc) is 2.89. The maximum atomic E-state index is 13.4. The van der Waals surface area contributed by atoms with Crippen LogP contribution in [-0.4, -0.2) is 90.8 Å². The van der Waals surface area contributed by atoms with Crippen molar-refractivity contribution in [3.05, 3.63) is 59.9 Å². The largest absolute Gasteiger partial charge is 0.378 e. The second-order valence-corrected chi connectivity index (χ2v) is 8.94. The molecule has 0 spiro atoms. The van der Waals surface area contributed by atoms with E-state index in [9.17, 15) is 19.2 Å². The number of amides is 4. The number of pyridine rings is 1. The van der Waals surface area contributed by atoms with E-state index in [0.29, 0.717) is 24.1 Å². The number of carbonyl (C=O) groups is 4. The minimum atomic E-state index is -0.930. The number of piperazine rings is 1. The van der Waals surface area contributed by atoms with E-state index >= 15 is 0 Å². The molecule has 0 saturated carbocycles. The molecule has 2 N–H and O–H groups in total. The fraction of sp³-hybridized carbons (Fsp3) is 0.400. The molecule has 0 radical (unpaired) electrons. The van der Waals surface area contributed by atoms with Gasteiger partial charge in [0, 0.05) is 57.4 Å². The summed E-state index contributed by atoms with van der Waals surface area (Å²) in [5.74, 6) is -1.24. The predicted molar refractivity (Wildman–Crippen MR) is 130 cm³/mol. The van der Waals surface area contributed by atoms with Crippen molar-refractivity contribution in [1.29, 1.82) is 0 Å². The minimum absolute atomic E-state index is 0.0232. The van der Waals surface area contributed by atoms with Crippen LogP contribution in [0.3, 0.4) is 0 Å². The summed E-state index contributed by atoms with van der Waals surface area (Å²) < 4.78 is 0. The standard InChI is InChI=1S/C25H30N6O4/c1-29(2)19-9-7-17(8-10-19)25(35)31-14-13-30(24(34)18-5-3-11-26-15-18)16-21(31)23(33)28-20-6-4-12-27-22(20)32/h3,5,7-11,15,20-21H,4,6,12-14,16H2,1-2H3,(H,27,32)(H,28,33)/t20-,21+/m1/s1. The Balaban J connectivity index is 1.56. The molecule has 10 nitrogen and oxygen atoms in total. The summed E-state index contributed by atoms with van der Waals surface area (Å²) in [6.45, 7) is 1.07. The van der Waals surface area contributed by atoms with E-state index in [4.69, 9.17) is 0 Å². The SMILES string of the molecule is CN(C)c1ccc(C(=O)N2CCN(C(=O)c3cccnc3)C[C@H]2C(=O)N[C@@H]2CCCNC2=O)cc1. The topological polar surface area (TPSA) is 115 Å². The van der Waals surface area contributed by atoms with Crippen LogP contribution < -0.4 is 15.5 Å². The van der Waals surface area contributed by atoms with Crippen LogP contribution in [0.1, 0.15) is 33.6 Å². The fourth-order valence-electron chi connectivity index (χ4n) is 4.35. The molecule has 184 valence electrons. The van der Waals surface area contributed by atoms with Crippen molar-refractivity contribution in [2.45, 2.75) is 24.9 Å². The number of nitrogens with zero attached hydrogens (tertiary/aromatic N) is 4. The first-order valence-corrected chi connectivity index (χ1v) is 11.7. The van der Waals surface area contributed by atoms with Crippen LogP contribution in [0.4, 0.5) is 5.69 Å². The van der Waals surface area contributed by atoms with Crippen LogP contribution in [0.25, 0.3) is 0 Å². The Kier molecular flexibility index (Phi) is 7.28. The van der Waals surface area contributed by atoms with Crippen LogP contribution in [0, 0.1) is 0 Å². The third-order valence-electron chi connectivity index (χ3n) is 6.37. The maximum Gasteiger partial charge on any atom is 0.255 e. The van der Waals surface area contributed by atoms with Crippen LogP contribution >= 0.6 is 0 Å². The number of anilines is 1. The normalized spacial score (nSPS) is 20.1. The van der Waals surface area contributed by atoms with Gasteiger partial charge in [0.1, 0.15) is 12.1 Å². The Hall–Kier alpha value is -3.95. The highest BCUT2D eigenvalue weighted by Gasteiger charge is 2.39. The minimum Gasteiger partial charge on any atom is -0.378 e. The van der Waals surface area contributed by atoms with Gasteiger partial charge in [-0.1, -0.05) is 0 Å². The third kappa shape index (κ3) is 5.42. The Morgan fingerprint density at radius 2 is 1.83 bits per heavy atom. The molecule has 35 heavy (non-hydrogen) atoms. The highest BCUT2D eigenvalue weighted by Crippen LogP contribution is 2.19. The van der Waals surface area contributed by atoms with Gasteiger partial charge in [-0.3, -0.25) is 24.2 Å². The van der Waals surface area contributed by atoms with Gasteiger partial charge in [0.25, 0.3) is 11.8 Å². The van der Waals surface area contributed by atoms with Crippen molar-refractivity contribution < 1.29 is 19.2 Å². The number of nitrogens with one attached hydrogen (secondary N) is 2. The maximum absolute atomic E-state index is 13.4. The highest BCUT2D eigenvalue weighted by atomic mass is 16.2. The monoisotopic (exact) mass is 478 g/mol. The molecule has 2 atom stereocenters. The molecule has 0 bridgehead atoms. The second-order valence-electron chi connectivity index (χ2n) is 8.94. The smallest absolute Gasteiger partial charge is 0.255 e. The van der Waals surface area contributed by atoms with Gasteiger partial charge in [-0.25, -0.2) is 0 Å². The quantitative estimate of drug-likeness (QED) is 0.647. The predicted octanol–water partition coefficient (Wildman–Crippen LogP) is 0.509. The van der Waals surface area contributed by atoms with Gasteiger partial charge in [-0.2, -0.15) is 0 Å². The number of benzene rings is 1. The number of hydrogen-bond acceptors (Lipinski definition) is 6. The molecule has 0 unspecified atom stereocenters. The number of hydrogen-bond donors (Lipinski definition) is 2. The fourth-order valence-corrected chi connectivity index (χ4v) is 4.35. The van der Waals surface area contributed by atoms with Crippen molar-refractivity contribution in [2.75, 3.05) is 45.2 Å². The molecular weight excluding hydrogens is 448 g/mol. The molecule has 2 aromatic rings. The van der Waals surface area contributed by atoms with Crippen LogP contribution in [-0.2, 0) is 9.59 Å². The summed E-state index contributed by atoms with van der Waals surface area (Å²) >= 11 is 0. The van der Waals surface area contributed by atoms with E-state index in [0.717, 1.165) is 12.1 Å². The third-order valence-corrected chi connectivity index (χ3v) is 6.37. The molecule has 1 aromatic heterocycles. The molecule has 2 aliphatic heterocycles. The zero-order chi connectivity index (χ0) is 24.9. The van der Waals surface area contributed by atoms with Gasteiger partial charge in [-0.05, 0) is 49.2 Å². The lowest BCUT2D eigenvalue weighted by molar-refractivity contribution is -0.133. The van der Waals surface area contributed by atoms with Gasteiger partial charge >= 0.3 is 0 Å². The number of carbonyl (C=O) groups excluding carboxylic acids is 4. The van der Waals surface area contributed by atoms with Crippen molar-refractivity contribution in [3.63, 3.8) is 0 Å². The summed E-state index contributed by atoms with van der Waals surface area (Å²) in [6.07, 6.45) is 4.35. The zero-order valence-electron chi connectivity index (χ0n) is 19.9. The number of rotatable bonds is 5. The Labute approximate surface area is 204 Å². The lowest BCUT2D eigenvalue weighted by atomic mass is 10.0. The molecule has 2 saturated heterocycles. The summed E-state index contributed by atoms with van der Waals surface area (Å²) in [4.78, 5) is 61.0. The van der Waals surface area contributed by atoms with E-state index in [2.05, 4.69) is 15.6 Å². The van der Waals surface area contributed by atoms with Crippen LogP contribution in [0.2, 0.25) is 0 Å². The summed E-state index contributed by atoms with van der Waals surface area (Å²) in [5.41, 5.74) is 1.82. The molecule has 2 fully saturated rings. The van der Waals surface area contributed by atoms with E-state index in [1.54, 1.807) is 35.4 Å². The van der Waals surface area contributed by atoms with E-state index in [-0.39, 0.29) is 37.4 Å². The molecule has 3 heterocycles. The van der Waals surface area contributed by atoms with Crippen LogP contribution in [0.15, 0.2) is 48.8 Å². The molecule has 2 aliphatic rings. The lowest BCUT2D eigenvalue weighted by Gasteiger charge is -2.41. The molecular formula is C25H30N6O4. The first-order valence-electron chi connectivity index (χ1n) is 11.7. The lowest BCUT2D eigenvalue weighted by Crippen LogP contribution is -2.63. The number of piperidine rings is 1. The van der Waals surface area contributed by atoms with Gasteiger partial charge in [0.05, 0.1) is 12.1 Å². The van der Waals surface area contributed by atoms with Crippen molar-refractivity contribution in [1.82, 2.24) is 25.4 Å². The Bertz CT molecular complexity index is 1090. The zero-order valence-corrected chi connectivity index (χ0v) is 19.9. The second kappa shape index (κ2) is 10.5. The Morgan fingerprint density at radius 1 is 1.06 bits per heavy atom. The summed E-state index contributed by atoms with van der Waals surface area (Å²) in [6, 6.07) is 8.91. The summed E-state index contributed by atoms with van der Waals surface area (Å²) in [7, 11) is 3.83. The number of aromatic nitrogens is 1. The molecule has 4 amide bonds. The van der Waals surface area contributed by atoms with Gasteiger partial charge in [0.2, 0.25) is 11.8 Å². The first kappa shape index (κ1) is 24.2. The van der Waals surface area contributed by atoms with E-state index < -0.39 is 18.0 Å². The summed E-state index contributed by atoms with van der Waals surface area (Å²) in [5, 5.41) is 5.55. The van der Waals surface area contributed by atoms with Gasteiger partial charge in [0.15, 0.2) is 0 Å². The van der Waals surface area contributed by atoms with Crippen molar-refractivity contribution >= 4 is 29.3 Å². The van der Waals surface area contributed by atoms with E-state index in [1.807, 2.05) is 31.1 Å². The van der Waals surface area contributed by atoms with Gasteiger partial charge in [-0.15, -0.1) is 0 Å². The van der Waals surface area contributed by atoms with Gasteiger partial charge < -0.3 is 25.3 Å². The Morgan fingerprint density at radius 3 is 2.49 bits per heavy atom. The molecule has 1 aromatic carbocycles. The molecule has 10 heteroatoms. The van der Waals surface area contributed by atoms with E-state index in [1.165, 1.54) is 11.1 Å². The first-order chi connectivity index (χ1) is 16.8. The highest BCUT2D eigenvalue weighted by molar-refractivity contribution is 6.00. The molecule has 4 rings (SSSR count).